The number of halogens is 2. The summed E-state index contributed by atoms with van der Waals surface area (Å²) in [6.07, 6.45) is 5.63. The van der Waals surface area contributed by atoms with Gasteiger partial charge in [0.2, 0.25) is 0 Å². The van der Waals surface area contributed by atoms with Crippen LogP contribution in [0.2, 0.25) is 0 Å². The molecule has 0 aliphatic rings. The first kappa shape index (κ1) is 35.0. The van der Waals surface area contributed by atoms with E-state index in [9.17, 15) is 13.6 Å². The third-order valence-electron chi connectivity index (χ3n) is 6.92. The lowest BCUT2D eigenvalue weighted by atomic mass is 10.0. The summed E-state index contributed by atoms with van der Waals surface area (Å²) in [5.74, 6) is -2.03. The first-order valence-electron chi connectivity index (χ1n) is 14.3. The molecule has 11 heteroatoms. The van der Waals surface area contributed by atoms with Crippen LogP contribution in [-0.4, -0.2) is 62.5 Å². The number of nitrogens with one attached hydrogen (secondary N) is 4. The molecule has 0 fully saturated rings. The predicted octanol–water partition coefficient (Wildman–Crippen LogP) is 4.41. The number of aliphatic imine (C=N–C) groups is 1. The number of carbonyl (C=O) groups excluding carboxylic acids is 1. The van der Waals surface area contributed by atoms with Crippen LogP contribution in [0.5, 0.6) is 0 Å². The van der Waals surface area contributed by atoms with Crippen molar-refractivity contribution in [2.75, 3.05) is 44.4 Å². The zero-order valence-electron chi connectivity index (χ0n) is 26.0. The standard InChI is InChI=1S/C32H46F2N8O/c1-8-16-42(7)31(22(5)40-19-20(3)25-12-13-28(37-6)30(34)29(25)33)41-24-10-11-26(23(9-2)17-24)32(43)39-15-14-38-21(4)27(36)18-35/h8,10-13,16-17,19,27,31,37-38,41H,4,9,14-15,18,35-36H2,1-3,5-7H3,(H,39,43)/b16-8-,20-19+,40-22?. The van der Waals surface area contributed by atoms with Crippen molar-refractivity contribution in [2.45, 2.75) is 46.3 Å². The number of nitrogens with zero attached hydrogens (tertiary/aromatic N) is 2. The van der Waals surface area contributed by atoms with Crippen molar-refractivity contribution in [1.29, 1.82) is 0 Å². The third-order valence-corrected chi connectivity index (χ3v) is 6.92. The average molecular weight is 597 g/mol. The zero-order chi connectivity index (χ0) is 32.1. The molecule has 0 aromatic heterocycles. The highest BCUT2D eigenvalue weighted by Gasteiger charge is 2.18. The van der Waals surface area contributed by atoms with E-state index < -0.39 is 11.6 Å². The van der Waals surface area contributed by atoms with Gasteiger partial charge in [-0.1, -0.05) is 19.6 Å². The fraction of sp³-hybridized carbons (Fsp3) is 0.375. The summed E-state index contributed by atoms with van der Waals surface area (Å²) in [5.41, 5.74) is 15.7. The number of rotatable bonds is 16. The van der Waals surface area contributed by atoms with E-state index in [0.29, 0.717) is 48.6 Å². The maximum absolute atomic E-state index is 14.6. The van der Waals surface area contributed by atoms with Crippen LogP contribution in [0, 0.1) is 11.6 Å². The fourth-order valence-electron chi connectivity index (χ4n) is 4.33. The second kappa shape index (κ2) is 17.0. The Morgan fingerprint density at radius 2 is 1.79 bits per heavy atom. The molecule has 0 aliphatic heterocycles. The van der Waals surface area contributed by atoms with Gasteiger partial charge in [-0.05, 0) is 74.9 Å². The fourth-order valence-corrected chi connectivity index (χ4v) is 4.33. The van der Waals surface area contributed by atoms with Crippen molar-refractivity contribution < 1.29 is 13.6 Å². The SMILES string of the molecule is C=C(NCCNC(=O)c1ccc(NC(C(C)=N/C=C(\C)c2ccc(NC)c(F)c2F)N(C)/C=C\C)cc1CC)C(N)CN. The van der Waals surface area contributed by atoms with Gasteiger partial charge in [0.1, 0.15) is 6.17 Å². The maximum atomic E-state index is 14.6. The van der Waals surface area contributed by atoms with Crippen molar-refractivity contribution in [3.8, 4) is 0 Å². The van der Waals surface area contributed by atoms with E-state index in [-0.39, 0.29) is 29.4 Å². The molecule has 0 saturated carbocycles. The maximum Gasteiger partial charge on any atom is 0.251 e. The molecule has 0 saturated heterocycles. The predicted molar refractivity (Wildman–Crippen MR) is 175 cm³/mol. The molecule has 1 amide bonds. The van der Waals surface area contributed by atoms with Gasteiger partial charge >= 0.3 is 0 Å². The summed E-state index contributed by atoms with van der Waals surface area (Å²) < 4.78 is 28.9. The summed E-state index contributed by atoms with van der Waals surface area (Å²) in [6, 6.07) is 8.27. The van der Waals surface area contributed by atoms with Crippen molar-refractivity contribution >= 4 is 28.6 Å². The molecule has 0 aliphatic carbocycles. The van der Waals surface area contributed by atoms with E-state index in [2.05, 4.69) is 32.8 Å². The van der Waals surface area contributed by atoms with Gasteiger partial charge in [0.05, 0.1) is 17.4 Å². The first-order valence-corrected chi connectivity index (χ1v) is 14.3. The van der Waals surface area contributed by atoms with Crippen molar-refractivity contribution in [1.82, 2.24) is 15.5 Å². The summed E-state index contributed by atoms with van der Waals surface area (Å²) in [5, 5.41) is 12.1. The van der Waals surface area contributed by atoms with Gasteiger partial charge in [0.25, 0.3) is 5.91 Å². The molecular weight excluding hydrogens is 550 g/mol. The van der Waals surface area contributed by atoms with Gasteiger partial charge in [-0.3, -0.25) is 9.79 Å². The molecule has 2 atom stereocenters. The number of hydrogen-bond acceptors (Lipinski definition) is 8. The Morgan fingerprint density at radius 3 is 2.42 bits per heavy atom. The highest BCUT2D eigenvalue weighted by molar-refractivity contribution is 5.96. The Balaban J connectivity index is 2.23. The van der Waals surface area contributed by atoms with E-state index in [4.69, 9.17) is 11.5 Å². The van der Waals surface area contributed by atoms with Crippen molar-refractivity contribution in [3.05, 3.63) is 89.4 Å². The van der Waals surface area contributed by atoms with Crippen molar-refractivity contribution in [2.24, 2.45) is 16.5 Å². The number of hydrogen-bond donors (Lipinski definition) is 6. The minimum atomic E-state index is -0.931. The summed E-state index contributed by atoms with van der Waals surface area (Å²) in [6.45, 7) is 12.5. The molecule has 0 spiro atoms. The van der Waals surface area contributed by atoms with Crippen LogP contribution in [0.4, 0.5) is 20.2 Å². The van der Waals surface area contributed by atoms with Gasteiger partial charge in [0.15, 0.2) is 11.6 Å². The summed E-state index contributed by atoms with van der Waals surface area (Å²) in [7, 11) is 3.44. The largest absolute Gasteiger partial charge is 0.386 e. The molecule has 9 nitrogen and oxygen atoms in total. The average Bonchev–Trinajstić information content (AvgIpc) is 3.00. The van der Waals surface area contributed by atoms with Crippen LogP contribution >= 0.6 is 0 Å². The Hall–Kier alpha value is -4.22. The van der Waals surface area contributed by atoms with Gasteiger partial charge in [-0.15, -0.1) is 0 Å². The van der Waals surface area contributed by atoms with E-state index in [1.165, 1.54) is 25.4 Å². The number of aryl methyl sites for hydroxylation is 1. The molecule has 0 radical (unpaired) electrons. The molecule has 234 valence electrons. The Morgan fingerprint density at radius 1 is 1.12 bits per heavy atom. The topological polar surface area (TPSA) is 133 Å². The number of nitrogens with two attached hydrogens (primary N) is 2. The van der Waals surface area contributed by atoms with E-state index in [1.807, 2.05) is 57.1 Å². The Labute approximate surface area is 254 Å². The molecule has 0 bridgehead atoms. The lowest BCUT2D eigenvalue weighted by Gasteiger charge is -2.29. The third kappa shape index (κ3) is 9.65. The Kier molecular flexibility index (Phi) is 13.9. The van der Waals surface area contributed by atoms with Crippen LogP contribution in [0.25, 0.3) is 5.57 Å². The molecular formula is C32H46F2N8O. The van der Waals surface area contributed by atoms with Gasteiger partial charge in [-0.25, -0.2) is 8.78 Å². The molecule has 8 N–H and O–H groups in total. The second-order valence-electron chi connectivity index (χ2n) is 10.1. The number of allylic oxidation sites excluding steroid dienone is 2. The van der Waals surface area contributed by atoms with Gasteiger partial charge in [-0.2, -0.15) is 0 Å². The number of amides is 1. The molecule has 2 aromatic carbocycles. The monoisotopic (exact) mass is 596 g/mol. The van der Waals surface area contributed by atoms with Crippen molar-refractivity contribution in [3.63, 3.8) is 0 Å². The smallest absolute Gasteiger partial charge is 0.251 e. The molecule has 0 heterocycles. The highest BCUT2D eigenvalue weighted by Crippen LogP contribution is 2.25. The van der Waals surface area contributed by atoms with Crippen LogP contribution in [0.3, 0.4) is 0 Å². The number of benzene rings is 2. The lowest BCUT2D eigenvalue weighted by Crippen LogP contribution is -2.40. The van der Waals surface area contributed by atoms with Crippen LogP contribution in [0.1, 0.15) is 49.2 Å². The van der Waals surface area contributed by atoms with Crippen LogP contribution in [0.15, 0.2) is 66.1 Å². The van der Waals surface area contributed by atoms with E-state index in [1.54, 1.807) is 13.0 Å². The minimum absolute atomic E-state index is 0.0905. The normalized spacial score (nSPS) is 13.4. The molecule has 43 heavy (non-hydrogen) atoms. The van der Waals surface area contributed by atoms with E-state index >= 15 is 0 Å². The van der Waals surface area contributed by atoms with Gasteiger partial charge < -0.3 is 37.6 Å². The van der Waals surface area contributed by atoms with Gasteiger partial charge in [0, 0.05) is 62.4 Å². The highest BCUT2D eigenvalue weighted by atomic mass is 19.2. The summed E-state index contributed by atoms with van der Waals surface area (Å²) >= 11 is 0. The number of carbonyl (C=O) groups is 1. The molecule has 2 aromatic rings. The first-order chi connectivity index (χ1) is 20.5. The van der Waals surface area contributed by atoms with Crippen LogP contribution < -0.4 is 32.7 Å². The number of anilines is 2. The van der Waals surface area contributed by atoms with Crippen LogP contribution in [-0.2, 0) is 6.42 Å². The summed E-state index contributed by atoms with van der Waals surface area (Å²) in [4.78, 5) is 19.5. The minimum Gasteiger partial charge on any atom is -0.386 e. The zero-order valence-corrected chi connectivity index (χ0v) is 26.0. The Bertz CT molecular complexity index is 1360. The molecule has 2 rings (SSSR count). The molecule has 2 unspecified atom stereocenters. The quantitative estimate of drug-likeness (QED) is 0.0961. The second-order valence-corrected chi connectivity index (χ2v) is 10.1. The van der Waals surface area contributed by atoms with E-state index in [0.717, 1.165) is 11.3 Å². The lowest BCUT2D eigenvalue weighted by molar-refractivity contribution is 0.0953.